The fourth-order valence-electron chi connectivity index (χ4n) is 3.25. The first kappa shape index (κ1) is 16.0. The van der Waals surface area contributed by atoms with Crippen molar-refractivity contribution in [3.63, 3.8) is 0 Å². The molecule has 5 nitrogen and oxygen atoms in total. The minimum Gasteiger partial charge on any atom is -0.343 e. The van der Waals surface area contributed by atoms with Gasteiger partial charge in [-0.1, -0.05) is 11.6 Å². The molecule has 1 aromatic carbocycles. The summed E-state index contributed by atoms with van der Waals surface area (Å²) in [6.45, 7) is 3.22. The summed E-state index contributed by atoms with van der Waals surface area (Å²) in [5.41, 5.74) is 1.43. The molecule has 0 radical (unpaired) electrons. The number of nitrogens with zero attached hydrogens (tertiary/aromatic N) is 2. The van der Waals surface area contributed by atoms with E-state index in [9.17, 15) is 9.59 Å². The maximum Gasteiger partial charge on any atom is 0.219 e. The molecule has 1 N–H and O–H groups in total. The summed E-state index contributed by atoms with van der Waals surface area (Å²) in [6, 6.07) is 3.50. The van der Waals surface area contributed by atoms with Gasteiger partial charge in [0.25, 0.3) is 0 Å². The molecule has 0 spiro atoms. The van der Waals surface area contributed by atoms with Crippen molar-refractivity contribution in [2.24, 2.45) is 5.92 Å². The molecule has 23 heavy (non-hydrogen) atoms. The summed E-state index contributed by atoms with van der Waals surface area (Å²) < 4.78 is 0. The first-order valence-electron chi connectivity index (χ1n) is 7.96. The molecule has 0 bridgehead atoms. The molecule has 0 unspecified atom stereocenters. The van der Waals surface area contributed by atoms with Crippen molar-refractivity contribution < 1.29 is 9.59 Å². The van der Waals surface area contributed by atoms with Crippen LogP contribution < -0.4 is 0 Å². The van der Waals surface area contributed by atoms with Crippen molar-refractivity contribution >= 4 is 34.2 Å². The summed E-state index contributed by atoms with van der Waals surface area (Å²) in [5.74, 6) is 0.752. The average Bonchev–Trinajstić information content (AvgIpc) is 3.00. The van der Waals surface area contributed by atoms with Crippen molar-refractivity contribution in [2.45, 2.75) is 32.6 Å². The van der Waals surface area contributed by atoms with Crippen LogP contribution in [0.4, 0.5) is 0 Å². The van der Waals surface area contributed by atoms with Gasteiger partial charge in [-0.05, 0) is 37.3 Å². The van der Waals surface area contributed by atoms with Crippen molar-refractivity contribution in [3.05, 3.63) is 28.9 Å². The van der Waals surface area contributed by atoms with Gasteiger partial charge in [0.15, 0.2) is 5.78 Å². The number of H-pyrrole nitrogens is 1. The van der Waals surface area contributed by atoms with Gasteiger partial charge in [-0.3, -0.25) is 14.7 Å². The number of nitrogens with one attached hydrogen (secondary N) is 1. The summed E-state index contributed by atoms with van der Waals surface area (Å²) >= 11 is 6.08. The molecule has 1 amide bonds. The second-order valence-electron chi connectivity index (χ2n) is 6.20. The van der Waals surface area contributed by atoms with Gasteiger partial charge in [0.05, 0.1) is 11.7 Å². The highest BCUT2D eigenvalue weighted by molar-refractivity contribution is 6.32. The molecule has 1 aliphatic rings. The quantitative estimate of drug-likeness (QED) is 0.872. The van der Waals surface area contributed by atoms with Crippen molar-refractivity contribution in [2.75, 3.05) is 13.1 Å². The Kier molecular flexibility index (Phi) is 4.66. The van der Waals surface area contributed by atoms with Gasteiger partial charge in [-0.2, -0.15) is 5.10 Å². The van der Waals surface area contributed by atoms with Gasteiger partial charge < -0.3 is 4.90 Å². The van der Waals surface area contributed by atoms with Crippen molar-refractivity contribution in [1.29, 1.82) is 0 Å². The van der Waals surface area contributed by atoms with E-state index in [1.54, 1.807) is 25.3 Å². The van der Waals surface area contributed by atoms with E-state index >= 15 is 0 Å². The predicted octanol–water partition coefficient (Wildman–Crippen LogP) is 3.44. The molecule has 1 aliphatic heterocycles. The Morgan fingerprint density at radius 3 is 2.78 bits per heavy atom. The van der Waals surface area contributed by atoms with Crippen LogP contribution in [0.15, 0.2) is 18.3 Å². The van der Waals surface area contributed by atoms with E-state index in [2.05, 4.69) is 10.2 Å². The fourth-order valence-corrected chi connectivity index (χ4v) is 3.47. The Bertz CT molecular complexity index is 733. The number of halogens is 1. The average molecular weight is 334 g/mol. The maximum atomic E-state index is 12.6. The topological polar surface area (TPSA) is 66.1 Å². The number of piperidine rings is 1. The highest BCUT2D eigenvalue weighted by Gasteiger charge is 2.22. The van der Waals surface area contributed by atoms with Crippen LogP contribution in [-0.4, -0.2) is 39.9 Å². The minimum atomic E-state index is 0.105. The number of ketones is 1. The number of amides is 1. The lowest BCUT2D eigenvalue weighted by atomic mass is 9.90. The molecule has 2 heterocycles. The molecule has 122 valence electrons. The molecule has 3 rings (SSSR count). The molecular formula is C17H20ClN3O2. The van der Waals surface area contributed by atoms with Gasteiger partial charge in [-0.25, -0.2) is 0 Å². The van der Waals surface area contributed by atoms with Crippen molar-refractivity contribution in [3.8, 4) is 0 Å². The Morgan fingerprint density at radius 2 is 2.09 bits per heavy atom. The summed E-state index contributed by atoms with van der Waals surface area (Å²) in [6.07, 6.45) is 4.99. The monoisotopic (exact) mass is 333 g/mol. The van der Waals surface area contributed by atoms with Crippen LogP contribution in [0.3, 0.4) is 0 Å². The molecular weight excluding hydrogens is 314 g/mol. The van der Waals surface area contributed by atoms with E-state index in [0.29, 0.717) is 22.9 Å². The number of rotatable bonds is 4. The zero-order valence-electron chi connectivity index (χ0n) is 13.1. The number of hydrogen-bond donors (Lipinski definition) is 1. The second-order valence-corrected chi connectivity index (χ2v) is 6.63. The normalized spacial score (nSPS) is 16.0. The predicted molar refractivity (Wildman–Crippen MR) is 89.6 cm³/mol. The zero-order valence-corrected chi connectivity index (χ0v) is 13.9. The van der Waals surface area contributed by atoms with Crippen LogP contribution >= 0.6 is 11.6 Å². The number of likely N-dealkylation sites (tertiary alicyclic amines) is 1. The molecule has 0 aliphatic carbocycles. The van der Waals surface area contributed by atoms with E-state index in [-0.39, 0.29) is 11.7 Å². The number of aromatic nitrogens is 2. The zero-order chi connectivity index (χ0) is 16.4. The molecule has 0 saturated carbocycles. The third-order valence-electron chi connectivity index (χ3n) is 4.66. The number of carbonyl (C=O) groups is 2. The largest absolute Gasteiger partial charge is 0.343 e. The lowest BCUT2D eigenvalue weighted by Gasteiger charge is -2.31. The van der Waals surface area contributed by atoms with Crippen LogP contribution in [0, 0.1) is 5.92 Å². The van der Waals surface area contributed by atoms with Crippen LogP contribution in [0.1, 0.15) is 43.0 Å². The number of fused-ring (bicyclic) bond motifs is 1. The maximum absolute atomic E-state index is 12.6. The molecule has 2 aromatic rings. The van der Waals surface area contributed by atoms with Gasteiger partial charge in [-0.15, -0.1) is 0 Å². The molecule has 1 aromatic heterocycles. The Labute approximate surface area is 140 Å². The van der Waals surface area contributed by atoms with Gasteiger partial charge >= 0.3 is 0 Å². The van der Waals surface area contributed by atoms with Crippen molar-refractivity contribution in [1.82, 2.24) is 15.1 Å². The van der Waals surface area contributed by atoms with E-state index in [1.807, 2.05) is 4.90 Å². The van der Waals surface area contributed by atoms with E-state index in [0.717, 1.165) is 43.3 Å². The second kappa shape index (κ2) is 6.71. The van der Waals surface area contributed by atoms with Crippen LogP contribution in [0.2, 0.25) is 5.02 Å². The van der Waals surface area contributed by atoms with Gasteiger partial charge in [0.1, 0.15) is 0 Å². The summed E-state index contributed by atoms with van der Waals surface area (Å²) in [4.78, 5) is 25.8. The number of benzene rings is 1. The standard InChI is InChI=1S/C17H20ClN3O2/c1-11(22)21-6-4-12(5-7-21)2-3-17(23)14-8-13(18)9-16-15(14)10-19-20-16/h8-10,12H,2-7H2,1H3,(H,19,20). The fraction of sp³-hybridized carbons (Fsp3) is 0.471. The Hall–Kier alpha value is -1.88. The third-order valence-corrected chi connectivity index (χ3v) is 4.88. The Morgan fingerprint density at radius 1 is 1.35 bits per heavy atom. The van der Waals surface area contributed by atoms with E-state index in [4.69, 9.17) is 11.6 Å². The number of aromatic amines is 1. The van der Waals surface area contributed by atoms with Gasteiger partial charge in [0, 0.05) is 42.4 Å². The number of hydrogen-bond acceptors (Lipinski definition) is 3. The number of Topliss-reactive ketones (excluding diaryl/α,β-unsaturated/α-hetero) is 1. The lowest BCUT2D eigenvalue weighted by molar-refractivity contribution is -0.130. The molecule has 1 saturated heterocycles. The van der Waals surface area contributed by atoms with Crippen LogP contribution in [0.25, 0.3) is 10.9 Å². The first-order chi connectivity index (χ1) is 11.0. The van der Waals surface area contributed by atoms with Crippen LogP contribution in [-0.2, 0) is 4.79 Å². The van der Waals surface area contributed by atoms with Crippen LogP contribution in [0.5, 0.6) is 0 Å². The summed E-state index contributed by atoms with van der Waals surface area (Å²) in [7, 11) is 0. The van der Waals surface area contributed by atoms with E-state index in [1.165, 1.54) is 0 Å². The SMILES string of the molecule is CC(=O)N1CCC(CCC(=O)c2cc(Cl)cc3[nH]ncc23)CC1. The highest BCUT2D eigenvalue weighted by atomic mass is 35.5. The lowest BCUT2D eigenvalue weighted by Crippen LogP contribution is -2.37. The highest BCUT2D eigenvalue weighted by Crippen LogP contribution is 2.26. The van der Waals surface area contributed by atoms with E-state index < -0.39 is 0 Å². The minimum absolute atomic E-state index is 0.105. The molecule has 1 fully saturated rings. The molecule has 6 heteroatoms. The summed E-state index contributed by atoms with van der Waals surface area (Å²) in [5, 5.41) is 8.21. The first-order valence-corrected chi connectivity index (χ1v) is 8.33. The van der Waals surface area contributed by atoms with Gasteiger partial charge in [0.2, 0.25) is 5.91 Å². The smallest absolute Gasteiger partial charge is 0.219 e. The molecule has 0 atom stereocenters. The third kappa shape index (κ3) is 3.55. The number of carbonyl (C=O) groups excluding carboxylic acids is 2. The Balaban J connectivity index is 1.61.